The second-order valence-electron chi connectivity index (χ2n) is 6.12. The van der Waals surface area contributed by atoms with Gasteiger partial charge < -0.3 is 15.6 Å². The lowest BCUT2D eigenvalue weighted by atomic mass is 9.88. The molecule has 0 saturated heterocycles. The maximum atomic E-state index is 12.5. The number of carbonyl (C=O) groups is 1. The lowest BCUT2D eigenvalue weighted by Crippen LogP contribution is -2.55. The number of carbonyl (C=O) groups excluding carboxylic acids is 1. The van der Waals surface area contributed by atoms with Crippen LogP contribution in [0.15, 0.2) is 18.3 Å². The molecule has 1 amide bonds. The lowest BCUT2D eigenvalue weighted by Gasteiger charge is -2.34. The zero-order valence-corrected chi connectivity index (χ0v) is 12.1. The number of hydrogen-bond donors (Lipinski definition) is 2. The quantitative estimate of drug-likeness (QED) is 0.856. The number of amides is 1. The van der Waals surface area contributed by atoms with E-state index < -0.39 is 0 Å². The highest BCUT2D eigenvalue weighted by Crippen LogP contribution is 2.32. The molecule has 0 radical (unpaired) electrons. The van der Waals surface area contributed by atoms with Gasteiger partial charge >= 0.3 is 0 Å². The molecule has 4 nitrogen and oxygen atoms in total. The van der Waals surface area contributed by atoms with E-state index in [2.05, 4.69) is 23.7 Å². The van der Waals surface area contributed by atoms with Gasteiger partial charge in [0.25, 0.3) is 5.91 Å². The SMILES string of the molecule is CC(C)C(C)(CN)NC(=O)c1cccn1C1CCC1. The Hall–Kier alpha value is -1.29. The second-order valence-corrected chi connectivity index (χ2v) is 6.12. The van der Waals surface area contributed by atoms with Crippen molar-refractivity contribution in [2.75, 3.05) is 6.54 Å². The molecule has 1 fully saturated rings. The van der Waals surface area contributed by atoms with Gasteiger partial charge in [0.05, 0.1) is 5.54 Å². The molecule has 4 heteroatoms. The molecule has 0 bridgehead atoms. The molecule has 1 aromatic heterocycles. The Morgan fingerprint density at radius 3 is 2.74 bits per heavy atom. The van der Waals surface area contributed by atoms with Crippen LogP contribution in [0.25, 0.3) is 0 Å². The number of nitrogens with one attached hydrogen (secondary N) is 1. The summed E-state index contributed by atoms with van der Waals surface area (Å²) < 4.78 is 2.11. The van der Waals surface area contributed by atoms with Gasteiger partial charge in [-0.05, 0) is 44.2 Å². The van der Waals surface area contributed by atoms with Crippen molar-refractivity contribution in [1.29, 1.82) is 0 Å². The van der Waals surface area contributed by atoms with Crippen molar-refractivity contribution in [2.24, 2.45) is 11.7 Å². The van der Waals surface area contributed by atoms with Crippen molar-refractivity contribution in [3.8, 4) is 0 Å². The van der Waals surface area contributed by atoms with Crippen molar-refractivity contribution in [3.05, 3.63) is 24.0 Å². The number of hydrogen-bond acceptors (Lipinski definition) is 2. The van der Waals surface area contributed by atoms with Gasteiger partial charge in [-0.15, -0.1) is 0 Å². The minimum atomic E-state index is -0.355. The average molecular weight is 263 g/mol. The Balaban J connectivity index is 2.13. The zero-order valence-electron chi connectivity index (χ0n) is 12.1. The van der Waals surface area contributed by atoms with Crippen LogP contribution in [0.3, 0.4) is 0 Å². The molecule has 1 aliphatic rings. The predicted molar refractivity (Wildman–Crippen MR) is 77.1 cm³/mol. The number of aromatic nitrogens is 1. The minimum Gasteiger partial charge on any atom is -0.344 e. The highest BCUT2D eigenvalue weighted by atomic mass is 16.2. The van der Waals surface area contributed by atoms with Crippen molar-refractivity contribution in [2.45, 2.75) is 51.6 Å². The molecule has 0 aliphatic heterocycles. The van der Waals surface area contributed by atoms with Crippen LogP contribution in [-0.2, 0) is 0 Å². The third-order valence-electron chi connectivity index (χ3n) is 4.58. The zero-order chi connectivity index (χ0) is 14.0. The first-order chi connectivity index (χ1) is 8.98. The summed E-state index contributed by atoms with van der Waals surface area (Å²) >= 11 is 0. The molecule has 19 heavy (non-hydrogen) atoms. The summed E-state index contributed by atoms with van der Waals surface area (Å²) in [6, 6.07) is 4.34. The normalized spacial score (nSPS) is 19.0. The summed E-state index contributed by atoms with van der Waals surface area (Å²) in [5.41, 5.74) is 6.22. The summed E-state index contributed by atoms with van der Waals surface area (Å²) in [4.78, 5) is 12.5. The first-order valence-electron chi connectivity index (χ1n) is 7.17. The average Bonchev–Trinajstić information content (AvgIpc) is 2.75. The van der Waals surface area contributed by atoms with Crippen molar-refractivity contribution in [3.63, 3.8) is 0 Å². The molecule has 1 aromatic rings. The van der Waals surface area contributed by atoms with E-state index >= 15 is 0 Å². The molecular weight excluding hydrogens is 238 g/mol. The van der Waals surface area contributed by atoms with Crippen molar-refractivity contribution < 1.29 is 4.79 Å². The summed E-state index contributed by atoms with van der Waals surface area (Å²) in [6.07, 6.45) is 5.62. The first-order valence-corrected chi connectivity index (χ1v) is 7.17. The minimum absolute atomic E-state index is 0.0152. The van der Waals surface area contributed by atoms with Gasteiger partial charge in [-0.25, -0.2) is 0 Å². The molecule has 0 spiro atoms. The standard InChI is InChI=1S/C15H25N3O/c1-11(2)15(3,10-16)17-14(19)13-8-5-9-18(13)12-6-4-7-12/h5,8-9,11-12H,4,6-7,10,16H2,1-3H3,(H,17,19). The van der Waals surface area contributed by atoms with Gasteiger partial charge in [0, 0.05) is 18.8 Å². The molecular formula is C15H25N3O. The molecule has 1 heterocycles. The molecule has 0 aromatic carbocycles. The summed E-state index contributed by atoms with van der Waals surface area (Å²) in [6.45, 7) is 6.61. The van der Waals surface area contributed by atoms with Crippen LogP contribution in [0.1, 0.15) is 56.6 Å². The van der Waals surface area contributed by atoms with Gasteiger partial charge in [-0.2, -0.15) is 0 Å². The van der Waals surface area contributed by atoms with Crippen LogP contribution in [-0.4, -0.2) is 22.6 Å². The Bertz CT molecular complexity index is 448. The van der Waals surface area contributed by atoms with Gasteiger partial charge in [-0.1, -0.05) is 13.8 Å². The van der Waals surface area contributed by atoms with E-state index in [-0.39, 0.29) is 11.4 Å². The predicted octanol–water partition coefficient (Wildman–Crippen LogP) is 2.32. The van der Waals surface area contributed by atoms with E-state index in [0.29, 0.717) is 18.5 Å². The van der Waals surface area contributed by atoms with Crippen LogP contribution in [0, 0.1) is 5.92 Å². The van der Waals surface area contributed by atoms with Gasteiger partial charge in [-0.3, -0.25) is 4.79 Å². The highest BCUT2D eigenvalue weighted by Gasteiger charge is 2.31. The highest BCUT2D eigenvalue weighted by molar-refractivity contribution is 5.93. The van der Waals surface area contributed by atoms with Crippen LogP contribution < -0.4 is 11.1 Å². The van der Waals surface area contributed by atoms with Crippen LogP contribution in [0.4, 0.5) is 0 Å². The number of rotatable bonds is 5. The topological polar surface area (TPSA) is 60.0 Å². The van der Waals surface area contributed by atoms with E-state index in [1.807, 2.05) is 25.3 Å². The Labute approximate surface area is 115 Å². The fourth-order valence-corrected chi connectivity index (χ4v) is 2.32. The van der Waals surface area contributed by atoms with E-state index in [4.69, 9.17) is 5.73 Å². The molecule has 1 atom stereocenters. The largest absolute Gasteiger partial charge is 0.344 e. The molecule has 106 valence electrons. The Kier molecular flexibility index (Phi) is 3.99. The monoisotopic (exact) mass is 263 g/mol. The number of nitrogens with two attached hydrogens (primary N) is 1. The fraction of sp³-hybridized carbons (Fsp3) is 0.667. The maximum absolute atomic E-state index is 12.5. The third-order valence-corrected chi connectivity index (χ3v) is 4.58. The number of nitrogens with zero attached hydrogens (tertiary/aromatic N) is 1. The first kappa shape index (κ1) is 14.1. The van der Waals surface area contributed by atoms with Crippen molar-refractivity contribution in [1.82, 2.24) is 9.88 Å². The molecule has 1 unspecified atom stereocenters. The molecule has 1 saturated carbocycles. The molecule has 2 rings (SSSR count). The molecule has 1 aliphatic carbocycles. The summed E-state index contributed by atoms with van der Waals surface area (Å²) in [5.74, 6) is 0.284. The van der Waals surface area contributed by atoms with E-state index in [9.17, 15) is 4.79 Å². The molecule has 3 N–H and O–H groups in total. The van der Waals surface area contributed by atoms with Gasteiger partial charge in [0.1, 0.15) is 5.69 Å². The van der Waals surface area contributed by atoms with Crippen LogP contribution in [0.2, 0.25) is 0 Å². The Morgan fingerprint density at radius 1 is 1.58 bits per heavy atom. The second kappa shape index (κ2) is 5.37. The van der Waals surface area contributed by atoms with Gasteiger partial charge in [0.15, 0.2) is 0 Å². The van der Waals surface area contributed by atoms with E-state index in [0.717, 1.165) is 5.69 Å². The fourth-order valence-electron chi connectivity index (χ4n) is 2.32. The van der Waals surface area contributed by atoms with E-state index in [1.54, 1.807) is 0 Å². The lowest BCUT2D eigenvalue weighted by molar-refractivity contribution is 0.0867. The smallest absolute Gasteiger partial charge is 0.268 e. The Morgan fingerprint density at radius 2 is 2.26 bits per heavy atom. The maximum Gasteiger partial charge on any atom is 0.268 e. The van der Waals surface area contributed by atoms with Crippen molar-refractivity contribution >= 4 is 5.91 Å². The summed E-state index contributed by atoms with van der Waals surface area (Å²) in [7, 11) is 0. The van der Waals surface area contributed by atoms with Crippen LogP contribution >= 0.6 is 0 Å². The third kappa shape index (κ3) is 2.68. The van der Waals surface area contributed by atoms with E-state index in [1.165, 1.54) is 19.3 Å². The van der Waals surface area contributed by atoms with Crippen LogP contribution in [0.5, 0.6) is 0 Å². The van der Waals surface area contributed by atoms with Gasteiger partial charge in [0.2, 0.25) is 0 Å². The summed E-state index contributed by atoms with van der Waals surface area (Å²) in [5, 5.41) is 3.10.